The molecule has 2 amide bonds. The molecule has 424 valence electrons. The molecule has 6 fully saturated rings. The Morgan fingerprint density at radius 1 is 0.356 bits per heavy atom. The van der Waals surface area contributed by atoms with Gasteiger partial charge < -0.3 is 155 Å². The summed E-state index contributed by atoms with van der Waals surface area (Å²) in [5, 5.41) is 196. The standard InChI is InChI=1S/C40H68N2O31/c1-9(48)41-17-24(55)19(50)11(3-43)65-36(17)72-33-27(58)21(52)13(5-45)67-39(33)63-8-16-23(54)32(30(61)35(62)64-16)71-40-34(28(59)22(53)14(6-46)68-40)73-37-18(42-10(2)49)25(56)31(15(7-47)69-37)70-38-29(60)26(57)20(51)12(4-44)66-38/h11-40,43-47,50-62H,3-8H2,1-2H3,(H,41,48)(H,42,49)/t11-,12-,13-,14-,15-,16-,17-,18-,19-,20+,21-,22-,23-,24-,25-,26+,27+,28+,29-,30+,31-,32+,33+,34+,35-,36+,37+,38+,39+,40-/m1/s1. The fourth-order valence-electron chi connectivity index (χ4n) is 9.18. The zero-order valence-corrected chi connectivity index (χ0v) is 38.9. The van der Waals surface area contributed by atoms with Crippen LogP contribution in [0.3, 0.4) is 0 Å². The first-order valence-electron chi connectivity index (χ1n) is 23.1. The monoisotopic (exact) mass is 1070 g/mol. The first kappa shape index (κ1) is 60.0. The maximum atomic E-state index is 12.5. The Balaban J connectivity index is 1.22. The van der Waals surface area contributed by atoms with Crippen molar-refractivity contribution in [2.24, 2.45) is 0 Å². The lowest BCUT2D eigenvalue weighted by Gasteiger charge is -2.50. The van der Waals surface area contributed by atoms with Gasteiger partial charge in [-0.15, -0.1) is 0 Å². The van der Waals surface area contributed by atoms with E-state index in [-0.39, 0.29) is 0 Å². The second kappa shape index (κ2) is 26.0. The number of nitrogens with one attached hydrogen (secondary N) is 2. The predicted molar refractivity (Wildman–Crippen MR) is 222 cm³/mol. The van der Waals surface area contributed by atoms with Crippen LogP contribution in [-0.2, 0) is 61.7 Å². The minimum atomic E-state index is -2.25. The third-order valence-corrected chi connectivity index (χ3v) is 13.2. The number of hydrogen-bond acceptors (Lipinski definition) is 31. The molecule has 0 aromatic rings. The quantitative estimate of drug-likeness (QED) is 0.0606. The molecule has 30 atom stereocenters. The van der Waals surface area contributed by atoms with Crippen LogP contribution in [0.25, 0.3) is 0 Å². The van der Waals surface area contributed by atoms with E-state index in [1.165, 1.54) is 0 Å². The Labute approximate surface area is 413 Å². The van der Waals surface area contributed by atoms with Crippen LogP contribution in [0.2, 0.25) is 0 Å². The predicted octanol–water partition coefficient (Wildman–Crippen LogP) is -13.8. The maximum absolute atomic E-state index is 12.5. The van der Waals surface area contributed by atoms with Crippen molar-refractivity contribution in [1.29, 1.82) is 0 Å². The average Bonchev–Trinajstić information content (AvgIpc) is 3.35. The summed E-state index contributed by atoms with van der Waals surface area (Å²) < 4.78 is 62.7. The van der Waals surface area contributed by atoms with E-state index < -0.39 is 236 Å². The molecule has 73 heavy (non-hydrogen) atoms. The number of aliphatic hydroxyl groups is 18. The van der Waals surface area contributed by atoms with E-state index in [1.807, 2.05) is 0 Å². The van der Waals surface area contributed by atoms with Gasteiger partial charge in [0.05, 0.1) is 39.6 Å². The van der Waals surface area contributed by atoms with Gasteiger partial charge in [-0.1, -0.05) is 0 Å². The van der Waals surface area contributed by atoms with Crippen LogP contribution in [-0.4, -0.2) is 327 Å². The Bertz CT molecular complexity index is 1750. The van der Waals surface area contributed by atoms with Crippen molar-refractivity contribution in [3.63, 3.8) is 0 Å². The van der Waals surface area contributed by atoms with E-state index in [9.17, 15) is 102 Å². The molecule has 0 aromatic carbocycles. The number of rotatable bonds is 18. The van der Waals surface area contributed by atoms with Gasteiger partial charge in [-0.2, -0.15) is 0 Å². The number of ether oxygens (including phenoxy) is 11. The van der Waals surface area contributed by atoms with Crippen LogP contribution < -0.4 is 10.6 Å². The summed E-state index contributed by atoms with van der Waals surface area (Å²) in [7, 11) is 0. The molecule has 6 aliphatic heterocycles. The number of aliphatic hydroxyl groups excluding tert-OH is 18. The van der Waals surface area contributed by atoms with Crippen LogP contribution in [0.15, 0.2) is 0 Å². The third kappa shape index (κ3) is 13.0. The van der Waals surface area contributed by atoms with Crippen molar-refractivity contribution in [2.75, 3.05) is 39.6 Å². The van der Waals surface area contributed by atoms with E-state index in [0.29, 0.717) is 0 Å². The minimum Gasteiger partial charge on any atom is -0.394 e. The molecule has 33 nitrogen and oxygen atoms in total. The molecule has 20 N–H and O–H groups in total. The summed E-state index contributed by atoms with van der Waals surface area (Å²) in [5.74, 6) is -1.60. The van der Waals surface area contributed by atoms with Crippen LogP contribution in [0, 0.1) is 0 Å². The minimum absolute atomic E-state index is 0.749. The average molecular weight is 1070 g/mol. The summed E-state index contributed by atoms with van der Waals surface area (Å²) in [6.07, 6.45) is -53.3. The maximum Gasteiger partial charge on any atom is 0.217 e. The van der Waals surface area contributed by atoms with Gasteiger partial charge in [0.2, 0.25) is 11.8 Å². The van der Waals surface area contributed by atoms with E-state index in [1.54, 1.807) is 0 Å². The smallest absolute Gasteiger partial charge is 0.217 e. The zero-order chi connectivity index (χ0) is 53.9. The van der Waals surface area contributed by atoms with Crippen LogP contribution >= 0.6 is 0 Å². The Morgan fingerprint density at radius 2 is 0.740 bits per heavy atom. The molecule has 6 rings (SSSR count). The lowest BCUT2D eigenvalue weighted by atomic mass is 9.94. The normalized spacial score (nSPS) is 49.8. The highest BCUT2D eigenvalue weighted by atomic mass is 16.8. The fraction of sp³-hybridized carbons (Fsp3) is 0.950. The molecule has 33 heteroatoms. The number of hydrogen-bond donors (Lipinski definition) is 20. The SMILES string of the molecule is CC(=O)N[C@H]1[C@H](O[C@@H]2[C@@H](O[C@@H]3[C@H](O)[C@H](O)O[C@H](CO[C@H]4O[C@H](CO)[C@@H](O)[C@H](O)[C@@H]4O[C@@H]4O[C@H](CO)[C@@H](O)[C@H](O)[C@H]4NC(C)=O)[C@H]3O)O[C@H](CO)[C@@H](O)[C@@H]2O)O[C@H](CO)[C@@H](O[C@@H]2O[C@H](CO)[C@H](O)[C@H](O)[C@H]2O)[C@@H]1O. The summed E-state index contributed by atoms with van der Waals surface area (Å²) in [4.78, 5) is 24.5. The van der Waals surface area contributed by atoms with Crippen LogP contribution in [0.5, 0.6) is 0 Å². The molecule has 0 spiro atoms. The molecule has 6 heterocycles. The van der Waals surface area contributed by atoms with Gasteiger partial charge in [0, 0.05) is 13.8 Å². The second-order valence-electron chi connectivity index (χ2n) is 18.3. The first-order valence-corrected chi connectivity index (χ1v) is 23.1. The molecule has 0 unspecified atom stereocenters. The van der Waals surface area contributed by atoms with Gasteiger partial charge in [-0.3, -0.25) is 9.59 Å². The third-order valence-electron chi connectivity index (χ3n) is 13.2. The van der Waals surface area contributed by atoms with Gasteiger partial charge in [0.15, 0.2) is 37.7 Å². The van der Waals surface area contributed by atoms with Gasteiger partial charge in [-0.25, -0.2) is 0 Å². The molecule has 0 saturated carbocycles. The summed E-state index contributed by atoms with van der Waals surface area (Å²) in [6, 6.07) is -3.35. The Hall–Kier alpha value is -2.22. The van der Waals surface area contributed by atoms with Crippen molar-refractivity contribution in [3.05, 3.63) is 0 Å². The fourth-order valence-corrected chi connectivity index (χ4v) is 9.18. The number of carbonyl (C=O) groups is 2. The van der Waals surface area contributed by atoms with Crippen molar-refractivity contribution < 1.29 is 154 Å². The summed E-state index contributed by atoms with van der Waals surface area (Å²) >= 11 is 0. The van der Waals surface area contributed by atoms with Gasteiger partial charge in [0.25, 0.3) is 0 Å². The molecule has 6 aliphatic rings. The highest BCUT2D eigenvalue weighted by Gasteiger charge is 2.57. The zero-order valence-electron chi connectivity index (χ0n) is 38.9. The number of carbonyl (C=O) groups excluding carboxylic acids is 2. The molecular weight excluding hydrogens is 1000 g/mol. The van der Waals surface area contributed by atoms with Crippen LogP contribution in [0.1, 0.15) is 13.8 Å². The van der Waals surface area contributed by atoms with E-state index in [4.69, 9.17) is 52.1 Å². The molecule has 6 saturated heterocycles. The van der Waals surface area contributed by atoms with Crippen molar-refractivity contribution in [3.8, 4) is 0 Å². The highest BCUT2D eigenvalue weighted by molar-refractivity contribution is 5.73. The van der Waals surface area contributed by atoms with Crippen molar-refractivity contribution in [2.45, 2.75) is 198 Å². The first-order chi connectivity index (χ1) is 34.5. The van der Waals surface area contributed by atoms with Gasteiger partial charge >= 0.3 is 0 Å². The topological polar surface area (TPSA) is 524 Å². The van der Waals surface area contributed by atoms with Crippen LogP contribution in [0.4, 0.5) is 0 Å². The second-order valence-corrected chi connectivity index (χ2v) is 18.3. The molecule has 0 aromatic heterocycles. The summed E-state index contributed by atoms with van der Waals surface area (Å²) in [6.45, 7) is -3.54. The molecule has 0 aliphatic carbocycles. The molecular formula is C40H68N2O31. The summed E-state index contributed by atoms with van der Waals surface area (Å²) in [5.41, 5.74) is 0. The largest absolute Gasteiger partial charge is 0.394 e. The van der Waals surface area contributed by atoms with Crippen molar-refractivity contribution in [1.82, 2.24) is 10.6 Å². The van der Waals surface area contributed by atoms with Crippen molar-refractivity contribution >= 4 is 11.8 Å². The van der Waals surface area contributed by atoms with E-state index >= 15 is 0 Å². The molecule has 0 radical (unpaired) electrons. The van der Waals surface area contributed by atoms with E-state index in [2.05, 4.69) is 10.6 Å². The lowest BCUT2D eigenvalue weighted by molar-refractivity contribution is -0.390. The van der Waals surface area contributed by atoms with Gasteiger partial charge in [0.1, 0.15) is 146 Å². The number of amides is 2. The molecule has 0 bridgehead atoms. The van der Waals surface area contributed by atoms with E-state index in [0.717, 1.165) is 13.8 Å². The Morgan fingerprint density at radius 3 is 1.23 bits per heavy atom. The van der Waals surface area contributed by atoms with Gasteiger partial charge in [-0.05, 0) is 0 Å². The highest BCUT2D eigenvalue weighted by Crippen LogP contribution is 2.36. The Kier molecular flexibility index (Phi) is 21.3. The lowest BCUT2D eigenvalue weighted by Crippen LogP contribution is -2.70.